The Morgan fingerprint density at radius 3 is 2.30 bits per heavy atom. The molecule has 0 bridgehead atoms. The molecule has 0 aliphatic heterocycles. The molecule has 0 aliphatic carbocycles. The Morgan fingerprint density at radius 2 is 1.70 bits per heavy atom. The summed E-state index contributed by atoms with van der Waals surface area (Å²) in [5, 5.41) is 3.90. The van der Waals surface area contributed by atoms with E-state index in [1.165, 1.54) is 6.92 Å². The fourth-order valence-corrected chi connectivity index (χ4v) is 2.76. The van der Waals surface area contributed by atoms with Crippen molar-refractivity contribution >= 4 is 23.2 Å². The van der Waals surface area contributed by atoms with Gasteiger partial charge in [-0.05, 0) is 63.1 Å². The first kappa shape index (κ1) is 20.6. The highest BCUT2D eigenvalue weighted by atomic mass is 35.5. The zero-order valence-corrected chi connectivity index (χ0v) is 16.3. The van der Waals surface area contributed by atoms with Gasteiger partial charge in [-0.25, -0.2) is 0 Å². The number of halogens is 1. The van der Waals surface area contributed by atoms with Crippen LogP contribution in [0.3, 0.4) is 0 Å². The van der Waals surface area contributed by atoms with Crippen molar-refractivity contribution in [2.24, 2.45) is 16.7 Å². The SMILES string of the molecule is CC(=O)c1ccc(OCCCCOc2ccc(/C(N)=N/N)cc2)c(C)c1Cl. The maximum Gasteiger partial charge on any atom is 0.161 e. The fourth-order valence-electron chi connectivity index (χ4n) is 2.47. The Balaban J connectivity index is 1.73. The second-order valence-electron chi connectivity index (χ2n) is 6.05. The Kier molecular flexibility index (Phi) is 7.49. The lowest BCUT2D eigenvalue weighted by Crippen LogP contribution is -2.15. The van der Waals surface area contributed by atoms with Crippen LogP contribution in [0.5, 0.6) is 11.5 Å². The molecule has 0 saturated heterocycles. The first-order chi connectivity index (χ1) is 12.9. The maximum absolute atomic E-state index is 11.5. The van der Waals surface area contributed by atoms with Crippen molar-refractivity contribution in [1.82, 2.24) is 0 Å². The van der Waals surface area contributed by atoms with Crippen molar-refractivity contribution in [1.29, 1.82) is 0 Å². The van der Waals surface area contributed by atoms with E-state index in [-0.39, 0.29) is 11.6 Å². The topological polar surface area (TPSA) is 99.9 Å². The number of hydrogen-bond donors (Lipinski definition) is 2. The summed E-state index contributed by atoms with van der Waals surface area (Å²) >= 11 is 6.22. The summed E-state index contributed by atoms with van der Waals surface area (Å²) in [4.78, 5) is 11.5. The number of ketones is 1. The standard InChI is InChI=1S/C20H24ClN3O3/c1-13-18(10-9-17(14(2)25)19(13)21)27-12-4-3-11-26-16-7-5-15(6-8-16)20(22)24-23/h5-10H,3-4,11-12,23H2,1-2H3,(H2,22,24). The molecule has 0 spiro atoms. The number of hydrogen-bond acceptors (Lipinski definition) is 5. The zero-order chi connectivity index (χ0) is 19.8. The first-order valence-electron chi connectivity index (χ1n) is 8.63. The van der Waals surface area contributed by atoms with Gasteiger partial charge in [0, 0.05) is 16.7 Å². The molecule has 2 rings (SSSR count). The normalized spacial score (nSPS) is 11.3. The Bertz CT molecular complexity index is 820. The fraction of sp³-hybridized carbons (Fsp3) is 0.300. The summed E-state index contributed by atoms with van der Waals surface area (Å²) in [6, 6.07) is 10.7. The van der Waals surface area contributed by atoms with Gasteiger partial charge >= 0.3 is 0 Å². The van der Waals surface area contributed by atoms with Gasteiger partial charge in [-0.1, -0.05) is 11.6 Å². The van der Waals surface area contributed by atoms with Crippen LogP contribution < -0.4 is 21.1 Å². The van der Waals surface area contributed by atoms with Crippen LogP contribution in [-0.2, 0) is 0 Å². The number of unbranched alkanes of at least 4 members (excludes halogenated alkanes) is 1. The van der Waals surface area contributed by atoms with Gasteiger partial charge in [0.15, 0.2) is 5.78 Å². The van der Waals surface area contributed by atoms with E-state index >= 15 is 0 Å². The number of rotatable bonds is 9. The number of carbonyl (C=O) groups excluding carboxylic acids is 1. The van der Waals surface area contributed by atoms with Crippen LogP contribution in [0.25, 0.3) is 0 Å². The van der Waals surface area contributed by atoms with Crippen molar-refractivity contribution in [2.45, 2.75) is 26.7 Å². The molecule has 0 saturated carbocycles. The molecule has 7 heteroatoms. The molecule has 0 amide bonds. The third-order valence-corrected chi connectivity index (χ3v) is 4.56. The van der Waals surface area contributed by atoms with Crippen LogP contribution in [-0.4, -0.2) is 24.8 Å². The molecule has 0 atom stereocenters. The zero-order valence-electron chi connectivity index (χ0n) is 15.5. The van der Waals surface area contributed by atoms with Gasteiger partial charge in [0.1, 0.15) is 17.3 Å². The molecule has 27 heavy (non-hydrogen) atoms. The number of ether oxygens (including phenoxy) is 2. The van der Waals surface area contributed by atoms with Crippen LogP contribution >= 0.6 is 11.6 Å². The van der Waals surface area contributed by atoms with Crippen molar-refractivity contribution in [3.8, 4) is 11.5 Å². The molecule has 144 valence electrons. The molecular weight excluding hydrogens is 366 g/mol. The number of nitrogens with two attached hydrogens (primary N) is 2. The smallest absolute Gasteiger partial charge is 0.161 e. The second kappa shape index (κ2) is 9.83. The van der Waals surface area contributed by atoms with Crippen LogP contribution in [0.4, 0.5) is 0 Å². The van der Waals surface area contributed by atoms with Crippen molar-refractivity contribution < 1.29 is 14.3 Å². The highest BCUT2D eigenvalue weighted by Crippen LogP contribution is 2.29. The minimum absolute atomic E-state index is 0.0576. The van der Waals surface area contributed by atoms with E-state index in [4.69, 9.17) is 32.7 Å². The predicted molar refractivity (Wildman–Crippen MR) is 108 cm³/mol. The average molecular weight is 390 g/mol. The van der Waals surface area contributed by atoms with E-state index in [1.807, 2.05) is 19.1 Å². The summed E-state index contributed by atoms with van der Waals surface area (Å²) in [6.07, 6.45) is 1.67. The van der Waals surface area contributed by atoms with Crippen molar-refractivity contribution in [3.63, 3.8) is 0 Å². The molecule has 4 N–H and O–H groups in total. The third-order valence-electron chi connectivity index (χ3n) is 4.07. The van der Waals surface area contributed by atoms with E-state index < -0.39 is 0 Å². The Labute approximate surface area is 164 Å². The molecule has 0 radical (unpaired) electrons. The van der Waals surface area contributed by atoms with Gasteiger partial charge in [0.05, 0.1) is 18.2 Å². The van der Waals surface area contributed by atoms with E-state index in [2.05, 4.69) is 5.10 Å². The van der Waals surface area contributed by atoms with Gasteiger partial charge in [-0.3, -0.25) is 4.79 Å². The van der Waals surface area contributed by atoms with Crippen LogP contribution in [0.15, 0.2) is 41.5 Å². The number of Topliss-reactive ketones (excluding diaryl/α,β-unsaturated/α-hetero) is 1. The lowest BCUT2D eigenvalue weighted by Gasteiger charge is -2.12. The molecule has 0 aliphatic rings. The van der Waals surface area contributed by atoms with E-state index in [0.29, 0.717) is 29.5 Å². The van der Waals surface area contributed by atoms with E-state index in [9.17, 15) is 4.79 Å². The van der Waals surface area contributed by atoms with Crippen molar-refractivity contribution in [3.05, 3.63) is 58.1 Å². The van der Waals surface area contributed by atoms with E-state index in [0.717, 1.165) is 29.7 Å². The minimum atomic E-state index is -0.0576. The summed E-state index contributed by atoms with van der Waals surface area (Å²) in [5.74, 6) is 6.82. The molecule has 2 aromatic rings. The molecule has 6 nitrogen and oxygen atoms in total. The average Bonchev–Trinajstić information content (AvgIpc) is 2.67. The molecule has 0 aromatic heterocycles. The number of carbonyl (C=O) groups is 1. The highest BCUT2D eigenvalue weighted by molar-refractivity contribution is 6.34. The molecular formula is C20H24ClN3O3. The predicted octanol–water partition coefficient (Wildman–Crippen LogP) is 3.67. The van der Waals surface area contributed by atoms with Crippen LogP contribution in [0, 0.1) is 6.92 Å². The minimum Gasteiger partial charge on any atom is -0.494 e. The largest absolute Gasteiger partial charge is 0.494 e. The van der Waals surface area contributed by atoms with Gasteiger partial charge in [0.2, 0.25) is 0 Å². The van der Waals surface area contributed by atoms with Crippen LogP contribution in [0.2, 0.25) is 5.02 Å². The van der Waals surface area contributed by atoms with Gasteiger partial charge in [-0.15, -0.1) is 0 Å². The lowest BCUT2D eigenvalue weighted by atomic mass is 10.1. The van der Waals surface area contributed by atoms with Crippen molar-refractivity contribution in [2.75, 3.05) is 13.2 Å². The number of amidine groups is 1. The van der Waals surface area contributed by atoms with Gasteiger partial charge < -0.3 is 21.1 Å². The van der Waals surface area contributed by atoms with Gasteiger partial charge in [-0.2, -0.15) is 5.10 Å². The number of nitrogens with zero attached hydrogens (tertiary/aromatic N) is 1. The van der Waals surface area contributed by atoms with E-state index in [1.54, 1.807) is 24.3 Å². The molecule has 2 aromatic carbocycles. The number of hydrazone groups is 1. The number of benzene rings is 2. The summed E-state index contributed by atoms with van der Waals surface area (Å²) < 4.78 is 11.5. The molecule has 0 heterocycles. The monoisotopic (exact) mass is 389 g/mol. The highest BCUT2D eigenvalue weighted by Gasteiger charge is 2.12. The molecule has 0 fully saturated rings. The van der Waals surface area contributed by atoms with Gasteiger partial charge in [0.25, 0.3) is 0 Å². The summed E-state index contributed by atoms with van der Waals surface area (Å²) in [7, 11) is 0. The summed E-state index contributed by atoms with van der Waals surface area (Å²) in [6.45, 7) is 4.46. The Morgan fingerprint density at radius 1 is 1.07 bits per heavy atom. The lowest BCUT2D eigenvalue weighted by molar-refractivity contribution is 0.101. The molecule has 0 unspecified atom stereocenters. The van der Waals surface area contributed by atoms with Crippen LogP contribution in [0.1, 0.15) is 41.3 Å². The summed E-state index contributed by atoms with van der Waals surface area (Å²) in [5.41, 5.74) is 7.68. The maximum atomic E-state index is 11.5. The second-order valence-corrected chi connectivity index (χ2v) is 6.43. The quantitative estimate of drug-likeness (QED) is 0.170. The Hall–Kier alpha value is -2.73. The third kappa shape index (κ3) is 5.62. The first-order valence-corrected chi connectivity index (χ1v) is 9.01.